The van der Waals surface area contributed by atoms with Gasteiger partial charge in [0.15, 0.2) is 6.79 Å². The Hall–Kier alpha value is -1.37. The topological polar surface area (TPSA) is 102 Å². The van der Waals surface area contributed by atoms with Gasteiger partial charge in [-0.25, -0.2) is 9.59 Å². The first-order valence-corrected chi connectivity index (χ1v) is 16.2. The number of carboxylic acid groups (broad SMARTS) is 1. The first-order valence-electron chi connectivity index (χ1n) is 13.0. The second-order valence-electron chi connectivity index (χ2n) is 9.87. The van der Waals surface area contributed by atoms with Gasteiger partial charge in [0.2, 0.25) is 6.29 Å². The maximum absolute atomic E-state index is 13.3. The maximum atomic E-state index is 13.3. The van der Waals surface area contributed by atoms with Crippen molar-refractivity contribution in [2.45, 2.75) is 74.7 Å². The van der Waals surface area contributed by atoms with Crippen molar-refractivity contribution in [3.63, 3.8) is 0 Å². The van der Waals surface area contributed by atoms with E-state index in [0.717, 1.165) is 25.3 Å². The first kappa shape index (κ1) is 32.1. The Balaban J connectivity index is 1.50. The number of aliphatic carboxylic acids is 1. The first-order chi connectivity index (χ1) is 18.6. The zero-order chi connectivity index (χ0) is 28.4. The van der Waals surface area contributed by atoms with Crippen molar-refractivity contribution in [2.24, 2.45) is 0 Å². The Morgan fingerprint density at radius 3 is 2.77 bits per heavy atom. The van der Waals surface area contributed by atoms with Gasteiger partial charge in [0.05, 0.1) is 0 Å². The van der Waals surface area contributed by atoms with Gasteiger partial charge in [0.25, 0.3) is 0 Å². The number of carbonyl (C=O) groups excluding carboxylic acids is 2. The Kier molecular flexibility index (Phi) is 12.8. The van der Waals surface area contributed by atoms with Gasteiger partial charge in [-0.2, -0.15) is 12.6 Å². The van der Waals surface area contributed by atoms with Crippen LogP contribution in [0.3, 0.4) is 0 Å². The summed E-state index contributed by atoms with van der Waals surface area (Å²) in [5.74, 6) is -0.848. The summed E-state index contributed by atoms with van der Waals surface area (Å²) in [4.78, 5) is 38.5. The second-order valence-corrected chi connectivity index (χ2v) is 13.9. The highest BCUT2D eigenvalue weighted by molar-refractivity contribution is 8.77. The van der Waals surface area contributed by atoms with E-state index in [9.17, 15) is 19.5 Å². The standard InChI is InChI=1S/C27H36ClNO7S3/c1-18(36-24(32)9-5-6-11-27(2)12-14-38-39-27)34-17-35-26(33)25(20-7-3-4-8-21(20)28)29-13-10-22(37)19(16-29)15-23(30)31/h3-4,7-8,15,18,22,25,37H,5-6,9-14,16-17H2,1-2H3,(H,30,31)/b19-15-/t18?,22?,25-,27+/m0/s1. The van der Waals surface area contributed by atoms with Crippen molar-refractivity contribution in [1.82, 2.24) is 4.90 Å². The van der Waals surface area contributed by atoms with E-state index in [2.05, 4.69) is 19.6 Å². The molecule has 2 saturated heterocycles. The normalized spacial score (nSPS) is 24.3. The molecule has 2 aliphatic heterocycles. The number of likely N-dealkylation sites (tertiary alicyclic amines) is 1. The van der Waals surface area contributed by atoms with Crippen LogP contribution in [-0.4, -0.2) is 69.8 Å². The van der Waals surface area contributed by atoms with E-state index in [4.69, 9.17) is 25.8 Å². The molecule has 3 rings (SSSR count). The molecule has 2 unspecified atom stereocenters. The van der Waals surface area contributed by atoms with Crippen LogP contribution in [-0.2, 0) is 28.6 Å². The van der Waals surface area contributed by atoms with Crippen LogP contribution in [0.2, 0.25) is 5.02 Å². The van der Waals surface area contributed by atoms with Crippen LogP contribution in [0.1, 0.15) is 64.0 Å². The number of benzene rings is 1. The summed E-state index contributed by atoms with van der Waals surface area (Å²) in [6.45, 7) is 4.14. The maximum Gasteiger partial charge on any atom is 0.330 e. The van der Waals surface area contributed by atoms with E-state index in [1.165, 1.54) is 12.2 Å². The van der Waals surface area contributed by atoms with Crippen molar-refractivity contribution >= 4 is 63.7 Å². The summed E-state index contributed by atoms with van der Waals surface area (Å²) in [7, 11) is 3.85. The zero-order valence-corrected chi connectivity index (χ0v) is 25.5. The Bertz CT molecular complexity index is 1030. The third kappa shape index (κ3) is 10.2. The van der Waals surface area contributed by atoms with E-state index in [1.54, 1.807) is 31.2 Å². The third-order valence-electron chi connectivity index (χ3n) is 6.71. The second kappa shape index (κ2) is 15.6. The van der Waals surface area contributed by atoms with Gasteiger partial charge in [-0.15, -0.1) is 0 Å². The molecule has 0 saturated carbocycles. The minimum absolute atomic E-state index is 0.219. The third-order valence-corrected chi connectivity index (χ3v) is 11.0. The zero-order valence-electron chi connectivity index (χ0n) is 22.2. The fourth-order valence-electron chi connectivity index (χ4n) is 4.55. The van der Waals surface area contributed by atoms with Crippen LogP contribution in [0.5, 0.6) is 0 Å². The molecule has 216 valence electrons. The lowest BCUT2D eigenvalue weighted by Crippen LogP contribution is -2.43. The van der Waals surface area contributed by atoms with Gasteiger partial charge in [-0.3, -0.25) is 9.69 Å². The number of esters is 2. The van der Waals surface area contributed by atoms with Crippen molar-refractivity contribution < 1.29 is 33.7 Å². The molecule has 0 amide bonds. The number of unbranched alkanes of at least 4 members (excludes halogenated alkanes) is 1. The fourth-order valence-corrected chi connectivity index (χ4v) is 8.35. The summed E-state index contributed by atoms with van der Waals surface area (Å²) in [5.41, 5.74) is 1.13. The smallest absolute Gasteiger partial charge is 0.330 e. The minimum Gasteiger partial charge on any atom is -0.478 e. The summed E-state index contributed by atoms with van der Waals surface area (Å²) < 4.78 is 16.5. The highest BCUT2D eigenvalue weighted by Crippen LogP contribution is 2.49. The molecule has 1 aromatic carbocycles. The number of rotatable bonds is 13. The van der Waals surface area contributed by atoms with Crippen LogP contribution < -0.4 is 0 Å². The molecule has 1 aromatic rings. The molecular formula is C27H36ClNO7S3. The molecule has 0 bridgehead atoms. The molecule has 4 atom stereocenters. The lowest BCUT2D eigenvalue weighted by atomic mass is 9.98. The van der Waals surface area contributed by atoms with Gasteiger partial charge >= 0.3 is 17.9 Å². The van der Waals surface area contributed by atoms with Crippen molar-refractivity contribution in [3.05, 3.63) is 46.5 Å². The summed E-state index contributed by atoms with van der Waals surface area (Å²) >= 11 is 10.9. The number of nitrogens with zero attached hydrogens (tertiary/aromatic N) is 1. The number of carboxylic acids is 1. The number of ether oxygens (including phenoxy) is 3. The summed E-state index contributed by atoms with van der Waals surface area (Å²) in [6.07, 6.45) is 5.09. The lowest BCUT2D eigenvalue weighted by Gasteiger charge is -2.37. The molecule has 2 fully saturated rings. The monoisotopic (exact) mass is 617 g/mol. The van der Waals surface area contributed by atoms with Crippen LogP contribution in [0.4, 0.5) is 0 Å². The van der Waals surface area contributed by atoms with Gasteiger partial charge in [-0.05, 0) is 56.7 Å². The average Bonchev–Trinajstić information content (AvgIpc) is 3.31. The van der Waals surface area contributed by atoms with E-state index in [0.29, 0.717) is 40.3 Å². The highest BCUT2D eigenvalue weighted by Gasteiger charge is 2.35. The van der Waals surface area contributed by atoms with E-state index < -0.39 is 31.1 Å². The molecule has 2 heterocycles. The number of carbonyl (C=O) groups is 3. The van der Waals surface area contributed by atoms with Gasteiger partial charge in [0, 0.05) is 46.4 Å². The molecule has 1 N–H and O–H groups in total. The lowest BCUT2D eigenvalue weighted by molar-refractivity contribution is -0.201. The van der Waals surface area contributed by atoms with Crippen LogP contribution in [0.15, 0.2) is 35.9 Å². The van der Waals surface area contributed by atoms with E-state index >= 15 is 0 Å². The molecule has 12 heteroatoms. The predicted molar refractivity (Wildman–Crippen MR) is 158 cm³/mol. The number of thiol groups is 1. The van der Waals surface area contributed by atoms with Crippen LogP contribution >= 0.6 is 45.8 Å². The highest BCUT2D eigenvalue weighted by atomic mass is 35.5. The van der Waals surface area contributed by atoms with Gasteiger partial charge in [-0.1, -0.05) is 57.8 Å². The van der Waals surface area contributed by atoms with Crippen molar-refractivity contribution in [1.29, 1.82) is 0 Å². The molecular weight excluding hydrogens is 582 g/mol. The predicted octanol–water partition coefficient (Wildman–Crippen LogP) is 5.91. The van der Waals surface area contributed by atoms with Crippen molar-refractivity contribution in [2.75, 3.05) is 25.6 Å². The minimum atomic E-state index is -1.07. The number of hydrogen-bond acceptors (Lipinski definition) is 10. The van der Waals surface area contributed by atoms with Gasteiger partial charge < -0.3 is 19.3 Å². The fraction of sp³-hybridized carbons (Fsp3) is 0.593. The Labute approximate surface area is 248 Å². The Morgan fingerprint density at radius 1 is 1.31 bits per heavy atom. The SMILES string of the molecule is CC(OCOC(=O)[C@H](c1ccccc1Cl)N1CCC(S)/C(=C\C(=O)O)C1)OC(=O)CCCC[C@]1(C)CCSS1. The van der Waals surface area contributed by atoms with E-state index in [1.807, 2.05) is 26.5 Å². The molecule has 0 aromatic heterocycles. The quantitative estimate of drug-likeness (QED) is 0.0694. The summed E-state index contributed by atoms with van der Waals surface area (Å²) in [6, 6.07) is 6.07. The number of piperidine rings is 1. The molecule has 39 heavy (non-hydrogen) atoms. The Morgan fingerprint density at radius 2 is 2.08 bits per heavy atom. The van der Waals surface area contributed by atoms with Crippen LogP contribution in [0.25, 0.3) is 0 Å². The molecule has 0 aliphatic carbocycles. The molecule has 0 spiro atoms. The molecule has 0 radical (unpaired) electrons. The summed E-state index contributed by atoms with van der Waals surface area (Å²) in [5, 5.41) is 9.40. The largest absolute Gasteiger partial charge is 0.478 e. The number of hydrogen-bond donors (Lipinski definition) is 2. The van der Waals surface area contributed by atoms with Crippen LogP contribution in [0, 0.1) is 0 Å². The average molecular weight is 618 g/mol. The van der Waals surface area contributed by atoms with Crippen molar-refractivity contribution in [3.8, 4) is 0 Å². The molecule has 8 nitrogen and oxygen atoms in total. The van der Waals surface area contributed by atoms with Gasteiger partial charge in [0.1, 0.15) is 6.04 Å². The molecule has 2 aliphatic rings. The number of halogens is 1. The van der Waals surface area contributed by atoms with E-state index in [-0.39, 0.29) is 17.8 Å².